The second kappa shape index (κ2) is 9.49. The largest absolute Gasteiger partial charge is 0.462 e. The Hall–Kier alpha value is -0.433. The average Bonchev–Trinajstić information content (AvgIpc) is 2.94. The summed E-state index contributed by atoms with van der Waals surface area (Å²) in [4.78, 5) is 11.6. The van der Waals surface area contributed by atoms with Crippen molar-refractivity contribution in [3.05, 3.63) is 0 Å². The highest BCUT2D eigenvalue weighted by Gasteiger charge is 2.23. The Balaban J connectivity index is 1.97. The molecule has 0 aromatic rings. The van der Waals surface area contributed by atoms with Gasteiger partial charge in [-0.3, -0.25) is 10.1 Å². The highest BCUT2D eigenvalue weighted by Crippen LogP contribution is 2.18. The molecule has 118 valence electrons. The van der Waals surface area contributed by atoms with Gasteiger partial charge in [-0.15, -0.1) is 0 Å². The van der Waals surface area contributed by atoms with Gasteiger partial charge in [0.1, 0.15) is 12.6 Å². The van der Waals surface area contributed by atoms with Crippen molar-refractivity contribution in [2.75, 3.05) is 33.0 Å². The van der Waals surface area contributed by atoms with E-state index >= 15 is 0 Å². The minimum atomic E-state index is -1.08. The molecule has 1 unspecified atom stereocenters. The van der Waals surface area contributed by atoms with Crippen LogP contribution >= 0.6 is 0 Å². The van der Waals surface area contributed by atoms with Gasteiger partial charge in [0.25, 0.3) is 0 Å². The highest BCUT2D eigenvalue weighted by atomic mass is 28.3. The molecule has 6 heteroatoms. The van der Waals surface area contributed by atoms with E-state index in [0.717, 1.165) is 6.61 Å². The number of nitrogens with one attached hydrogen (secondary N) is 2. The molecular weight excluding hydrogens is 272 g/mol. The second-order valence-corrected chi connectivity index (χ2v) is 11.5. The Morgan fingerprint density at radius 2 is 2.05 bits per heavy atom. The first kappa shape index (κ1) is 17.6. The maximum absolute atomic E-state index is 11.6. The molecule has 1 heterocycles. The third kappa shape index (κ3) is 7.38. The fourth-order valence-corrected chi connectivity index (χ4v) is 4.44. The van der Waals surface area contributed by atoms with Crippen molar-refractivity contribution in [3.63, 3.8) is 0 Å². The fourth-order valence-electron chi connectivity index (χ4n) is 2.18. The summed E-state index contributed by atoms with van der Waals surface area (Å²) < 4.78 is 10.8. The van der Waals surface area contributed by atoms with E-state index in [0.29, 0.717) is 26.4 Å². The Morgan fingerprint density at radius 3 is 2.70 bits per heavy atom. The lowest BCUT2D eigenvalue weighted by molar-refractivity contribution is -0.146. The monoisotopic (exact) mass is 302 g/mol. The van der Waals surface area contributed by atoms with Crippen LogP contribution in [0.3, 0.4) is 0 Å². The molecule has 1 rings (SSSR count). The molecular formula is C14H30N2O3Si. The molecule has 0 saturated carbocycles. The van der Waals surface area contributed by atoms with Crippen molar-refractivity contribution in [1.82, 2.24) is 10.6 Å². The molecule has 5 nitrogen and oxygen atoms in total. The Bertz CT molecular complexity index is 282. The predicted octanol–water partition coefficient (Wildman–Crippen LogP) is 1.57. The van der Waals surface area contributed by atoms with Gasteiger partial charge in [-0.05, 0) is 6.04 Å². The maximum Gasteiger partial charge on any atom is 0.324 e. The number of carbonyl (C=O) groups is 1. The SMILES string of the molecule is CCCC[Si](C)(C)CCOCCOC(=O)C1CNCN1. The zero-order chi connectivity index (χ0) is 14.8. The third-order valence-electron chi connectivity index (χ3n) is 3.71. The van der Waals surface area contributed by atoms with E-state index in [9.17, 15) is 4.79 Å². The molecule has 0 amide bonds. The van der Waals surface area contributed by atoms with E-state index in [1.165, 1.54) is 24.9 Å². The number of ether oxygens (including phenoxy) is 2. The minimum absolute atomic E-state index is 0.184. The first-order valence-electron chi connectivity index (χ1n) is 7.73. The van der Waals surface area contributed by atoms with Gasteiger partial charge in [0.2, 0.25) is 0 Å². The summed E-state index contributed by atoms with van der Waals surface area (Å²) in [6.07, 6.45) is 2.61. The lowest BCUT2D eigenvalue weighted by Gasteiger charge is -2.21. The van der Waals surface area contributed by atoms with Gasteiger partial charge in [0.15, 0.2) is 0 Å². The average molecular weight is 302 g/mol. The van der Waals surface area contributed by atoms with Gasteiger partial charge < -0.3 is 14.8 Å². The van der Waals surface area contributed by atoms with Gasteiger partial charge in [0, 0.05) is 27.9 Å². The summed E-state index contributed by atoms with van der Waals surface area (Å²) >= 11 is 0. The van der Waals surface area contributed by atoms with Crippen molar-refractivity contribution in [1.29, 1.82) is 0 Å². The van der Waals surface area contributed by atoms with E-state index in [2.05, 4.69) is 30.7 Å². The highest BCUT2D eigenvalue weighted by molar-refractivity contribution is 6.77. The van der Waals surface area contributed by atoms with Crippen LogP contribution in [-0.2, 0) is 14.3 Å². The van der Waals surface area contributed by atoms with E-state index in [1.54, 1.807) is 0 Å². The van der Waals surface area contributed by atoms with E-state index in [4.69, 9.17) is 9.47 Å². The summed E-state index contributed by atoms with van der Waals surface area (Å²) in [6, 6.07) is 2.37. The molecule has 1 aliphatic heterocycles. The van der Waals surface area contributed by atoms with Crippen LogP contribution in [0.4, 0.5) is 0 Å². The Kier molecular flexibility index (Phi) is 8.36. The molecule has 0 aromatic heterocycles. The molecule has 20 heavy (non-hydrogen) atoms. The van der Waals surface area contributed by atoms with Crippen molar-refractivity contribution in [3.8, 4) is 0 Å². The van der Waals surface area contributed by atoms with Crippen LogP contribution < -0.4 is 10.6 Å². The van der Waals surface area contributed by atoms with Crippen LogP contribution in [0.15, 0.2) is 0 Å². The van der Waals surface area contributed by atoms with Gasteiger partial charge >= 0.3 is 5.97 Å². The molecule has 1 aliphatic rings. The standard InChI is InChI=1S/C14H30N2O3Si/c1-4-5-9-20(2,3)10-8-18-6-7-19-14(17)13-11-15-12-16-13/h13,15-16H,4-12H2,1-3H3. The summed E-state index contributed by atoms with van der Waals surface area (Å²) in [5.41, 5.74) is 0. The predicted molar refractivity (Wildman–Crippen MR) is 83.6 cm³/mol. The van der Waals surface area contributed by atoms with Crippen LogP contribution in [-0.4, -0.2) is 53.1 Å². The Labute approximate surface area is 123 Å². The lowest BCUT2D eigenvalue weighted by atomic mass is 10.3. The summed E-state index contributed by atoms with van der Waals surface area (Å²) in [6.45, 7) is 10.1. The first-order chi connectivity index (χ1) is 9.55. The quantitative estimate of drug-likeness (QED) is 0.364. The number of hydrogen-bond acceptors (Lipinski definition) is 5. The van der Waals surface area contributed by atoms with Gasteiger partial charge in [-0.1, -0.05) is 38.9 Å². The van der Waals surface area contributed by atoms with E-state index < -0.39 is 8.07 Å². The smallest absolute Gasteiger partial charge is 0.324 e. The zero-order valence-corrected chi connectivity index (χ0v) is 14.2. The molecule has 1 atom stereocenters. The molecule has 1 saturated heterocycles. The number of esters is 1. The van der Waals surface area contributed by atoms with Crippen LogP contribution in [0.5, 0.6) is 0 Å². The fraction of sp³-hybridized carbons (Fsp3) is 0.929. The normalized spacial score (nSPS) is 19.2. The van der Waals surface area contributed by atoms with Crippen LogP contribution in [0.1, 0.15) is 19.8 Å². The topological polar surface area (TPSA) is 59.6 Å². The Morgan fingerprint density at radius 1 is 1.25 bits per heavy atom. The third-order valence-corrected chi connectivity index (χ3v) is 6.97. The molecule has 1 fully saturated rings. The lowest BCUT2D eigenvalue weighted by Crippen LogP contribution is -2.35. The minimum Gasteiger partial charge on any atom is -0.462 e. The van der Waals surface area contributed by atoms with Gasteiger partial charge in [-0.25, -0.2) is 0 Å². The molecule has 0 aromatic carbocycles. The summed E-state index contributed by atoms with van der Waals surface area (Å²) in [7, 11) is -1.08. The number of unbranched alkanes of at least 4 members (excludes halogenated alkanes) is 1. The second-order valence-electron chi connectivity index (χ2n) is 6.19. The van der Waals surface area contributed by atoms with E-state index in [1.807, 2.05) is 0 Å². The van der Waals surface area contributed by atoms with Crippen LogP contribution in [0.2, 0.25) is 25.2 Å². The number of hydrogen-bond donors (Lipinski definition) is 2. The maximum atomic E-state index is 11.6. The van der Waals surface area contributed by atoms with Crippen molar-refractivity contribution < 1.29 is 14.3 Å². The van der Waals surface area contributed by atoms with E-state index in [-0.39, 0.29) is 12.0 Å². The molecule has 0 spiro atoms. The number of rotatable bonds is 10. The van der Waals surface area contributed by atoms with Crippen molar-refractivity contribution in [2.24, 2.45) is 0 Å². The van der Waals surface area contributed by atoms with Gasteiger partial charge in [-0.2, -0.15) is 0 Å². The van der Waals surface area contributed by atoms with Crippen LogP contribution in [0.25, 0.3) is 0 Å². The summed E-state index contributed by atoms with van der Waals surface area (Å²) in [5.74, 6) is -0.184. The van der Waals surface area contributed by atoms with Crippen molar-refractivity contribution >= 4 is 14.0 Å². The molecule has 0 radical (unpaired) electrons. The first-order valence-corrected chi connectivity index (χ1v) is 11.1. The number of carbonyl (C=O) groups excluding carboxylic acids is 1. The zero-order valence-electron chi connectivity index (χ0n) is 13.2. The molecule has 0 bridgehead atoms. The summed E-state index contributed by atoms with van der Waals surface area (Å²) in [5, 5.41) is 6.09. The molecule has 0 aliphatic carbocycles. The van der Waals surface area contributed by atoms with Crippen LogP contribution in [0, 0.1) is 0 Å². The molecule has 2 N–H and O–H groups in total. The van der Waals surface area contributed by atoms with Gasteiger partial charge in [0.05, 0.1) is 6.61 Å². The van der Waals surface area contributed by atoms with Crippen molar-refractivity contribution in [2.45, 2.75) is 51.0 Å².